The average molecular weight is 388 g/mol. The van der Waals surface area contributed by atoms with E-state index in [1.165, 1.54) is 24.0 Å². The molecule has 2 aromatic heterocycles. The molecule has 0 fully saturated rings. The van der Waals surface area contributed by atoms with Crippen LogP contribution in [0.5, 0.6) is 0 Å². The van der Waals surface area contributed by atoms with E-state index in [2.05, 4.69) is 52.5 Å². The van der Waals surface area contributed by atoms with E-state index < -0.39 is 0 Å². The van der Waals surface area contributed by atoms with Crippen LogP contribution in [0.25, 0.3) is 11.5 Å². The number of nitrogens with zero attached hydrogens (tertiary/aromatic N) is 4. The zero-order chi connectivity index (χ0) is 19.9. The number of anilines is 2. The molecule has 1 aliphatic rings. The summed E-state index contributed by atoms with van der Waals surface area (Å²) in [4.78, 5) is 16.5. The Labute approximate surface area is 173 Å². The number of unbranched alkanes of at least 4 members (excludes halogenated alkanes) is 2. The van der Waals surface area contributed by atoms with Gasteiger partial charge in [0.2, 0.25) is 0 Å². The minimum absolute atomic E-state index is 0.683. The van der Waals surface area contributed by atoms with Gasteiger partial charge in [-0.3, -0.25) is 4.98 Å². The summed E-state index contributed by atoms with van der Waals surface area (Å²) in [7, 11) is 0. The van der Waals surface area contributed by atoms with Gasteiger partial charge in [-0.15, -0.1) is 0 Å². The van der Waals surface area contributed by atoms with E-state index in [0.717, 1.165) is 56.2 Å². The maximum Gasteiger partial charge on any atom is 0.182 e. The molecule has 0 bridgehead atoms. The SMILES string of the molecule is CCCCCNc1cc(N2CCc3ccccc3CC2)nc(-c2ccccn2)n1. The first-order valence-corrected chi connectivity index (χ1v) is 10.7. The summed E-state index contributed by atoms with van der Waals surface area (Å²) in [5.41, 5.74) is 3.71. The average Bonchev–Trinajstić information content (AvgIpc) is 3.00. The molecule has 0 radical (unpaired) electrons. The number of nitrogens with one attached hydrogen (secondary N) is 1. The summed E-state index contributed by atoms with van der Waals surface area (Å²) in [6, 6.07) is 16.7. The lowest BCUT2D eigenvalue weighted by Crippen LogP contribution is -2.27. The van der Waals surface area contributed by atoms with Crippen molar-refractivity contribution >= 4 is 11.6 Å². The normalized spacial score (nSPS) is 13.6. The highest BCUT2D eigenvalue weighted by atomic mass is 15.2. The van der Waals surface area contributed by atoms with Crippen molar-refractivity contribution < 1.29 is 0 Å². The lowest BCUT2D eigenvalue weighted by Gasteiger charge is -2.22. The number of fused-ring (bicyclic) bond motifs is 1. The monoisotopic (exact) mass is 387 g/mol. The molecular weight excluding hydrogens is 358 g/mol. The molecule has 29 heavy (non-hydrogen) atoms. The number of benzene rings is 1. The predicted molar refractivity (Wildman–Crippen MR) is 119 cm³/mol. The Kier molecular flexibility index (Phi) is 6.35. The molecule has 0 atom stereocenters. The molecule has 5 heteroatoms. The van der Waals surface area contributed by atoms with Gasteiger partial charge in [-0.05, 0) is 42.5 Å². The minimum atomic E-state index is 0.683. The molecule has 1 N–H and O–H groups in total. The zero-order valence-corrected chi connectivity index (χ0v) is 17.1. The number of pyridine rings is 1. The zero-order valence-electron chi connectivity index (χ0n) is 17.1. The smallest absolute Gasteiger partial charge is 0.182 e. The Hall–Kier alpha value is -2.95. The van der Waals surface area contributed by atoms with Gasteiger partial charge in [0.15, 0.2) is 5.82 Å². The van der Waals surface area contributed by atoms with Crippen molar-refractivity contribution in [3.05, 3.63) is 65.9 Å². The van der Waals surface area contributed by atoms with Crippen molar-refractivity contribution in [2.75, 3.05) is 29.9 Å². The third kappa shape index (κ3) is 4.91. The summed E-state index contributed by atoms with van der Waals surface area (Å²) >= 11 is 0. The molecule has 0 spiro atoms. The standard InChI is InChI=1S/C24H29N5/c1-2-3-7-15-26-22-18-23(28-24(27-22)21-11-6-8-14-25-21)29-16-12-19-9-4-5-10-20(19)13-17-29/h4-6,8-11,14,18H,2-3,7,12-13,15-17H2,1H3,(H,26,27,28). The molecule has 0 unspecified atom stereocenters. The molecule has 0 saturated carbocycles. The van der Waals surface area contributed by atoms with Crippen LogP contribution in [0.2, 0.25) is 0 Å². The topological polar surface area (TPSA) is 53.9 Å². The minimum Gasteiger partial charge on any atom is -0.370 e. The van der Waals surface area contributed by atoms with Gasteiger partial charge in [0, 0.05) is 31.9 Å². The summed E-state index contributed by atoms with van der Waals surface area (Å²) in [5.74, 6) is 2.54. The first-order valence-electron chi connectivity index (χ1n) is 10.7. The van der Waals surface area contributed by atoms with Gasteiger partial charge in [0.1, 0.15) is 17.3 Å². The molecule has 3 heterocycles. The fourth-order valence-corrected chi connectivity index (χ4v) is 3.79. The summed E-state index contributed by atoms with van der Waals surface area (Å²) in [6.07, 6.45) is 7.46. The predicted octanol–water partition coefficient (Wildman–Crippen LogP) is 4.75. The molecule has 0 amide bonds. The Bertz CT molecular complexity index is 899. The van der Waals surface area contributed by atoms with Crippen molar-refractivity contribution in [1.82, 2.24) is 15.0 Å². The number of hydrogen-bond acceptors (Lipinski definition) is 5. The molecular formula is C24H29N5. The van der Waals surface area contributed by atoms with Crippen LogP contribution in [0.15, 0.2) is 54.7 Å². The molecule has 5 nitrogen and oxygen atoms in total. The molecule has 1 aromatic carbocycles. The van der Waals surface area contributed by atoms with Gasteiger partial charge >= 0.3 is 0 Å². The Balaban J connectivity index is 1.59. The summed E-state index contributed by atoms with van der Waals surface area (Å²) in [6.45, 7) is 5.08. The highest BCUT2D eigenvalue weighted by molar-refractivity contribution is 5.59. The first kappa shape index (κ1) is 19.4. The van der Waals surface area contributed by atoms with Crippen LogP contribution in [-0.4, -0.2) is 34.6 Å². The van der Waals surface area contributed by atoms with Crippen molar-refractivity contribution in [3.8, 4) is 11.5 Å². The van der Waals surface area contributed by atoms with E-state index in [-0.39, 0.29) is 0 Å². The first-order chi connectivity index (χ1) is 14.3. The number of hydrogen-bond donors (Lipinski definition) is 1. The van der Waals surface area contributed by atoms with Crippen LogP contribution in [-0.2, 0) is 12.8 Å². The van der Waals surface area contributed by atoms with Gasteiger partial charge in [-0.25, -0.2) is 9.97 Å². The van der Waals surface area contributed by atoms with Gasteiger partial charge in [0.25, 0.3) is 0 Å². The van der Waals surface area contributed by atoms with Crippen molar-refractivity contribution in [1.29, 1.82) is 0 Å². The van der Waals surface area contributed by atoms with Gasteiger partial charge in [-0.2, -0.15) is 0 Å². The van der Waals surface area contributed by atoms with E-state index in [0.29, 0.717) is 5.82 Å². The van der Waals surface area contributed by atoms with E-state index in [4.69, 9.17) is 9.97 Å². The highest BCUT2D eigenvalue weighted by Crippen LogP contribution is 2.24. The second-order valence-electron chi connectivity index (χ2n) is 7.54. The third-order valence-corrected chi connectivity index (χ3v) is 5.44. The van der Waals surface area contributed by atoms with Crippen LogP contribution in [0.3, 0.4) is 0 Å². The largest absolute Gasteiger partial charge is 0.370 e. The lowest BCUT2D eigenvalue weighted by molar-refractivity contribution is 0.741. The molecule has 0 aliphatic carbocycles. The van der Waals surface area contributed by atoms with Crippen LogP contribution in [0.1, 0.15) is 37.3 Å². The molecule has 4 rings (SSSR count). The second kappa shape index (κ2) is 9.50. The molecule has 0 saturated heterocycles. The molecule has 1 aliphatic heterocycles. The van der Waals surface area contributed by atoms with Crippen molar-refractivity contribution in [3.63, 3.8) is 0 Å². The van der Waals surface area contributed by atoms with Crippen LogP contribution >= 0.6 is 0 Å². The Morgan fingerprint density at radius 2 is 1.69 bits per heavy atom. The van der Waals surface area contributed by atoms with E-state index in [1.54, 1.807) is 6.20 Å². The van der Waals surface area contributed by atoms with Crippen molar-refractivity contribution in [2.45, 2.75) is 39.0 Å². The maximum atomic E-state index is 4.89. The second-order valence-corrected chi connectivity index (χ2v) is 7.54. The summed E-state index contributed by atoms with van der Waals surface area (Å²) < 4.78 is 0. The maximum absolute atomic E-state index is 4.89. The Morgan fingerprint density at radius 1 is 0.931 bits per heavy atom. The fraction of sp³-hybridized carbons (Fsp3) is 0.375. The van der Waals surface area contributed by atoms with Gasteiger partial charge in [0.05, 0.1) is 0 Å². The number of rotatable bonds is 7. The van der Waals surface area contributed by atoms with Crippen LogP contribution in [0.4, 0.5) is 11.6 Å². The molecule has 3 aromatic rings. The van der Waals surface area contributed by atoms with E-state index >= 15 is 0 Å². The molecule has 150 valence electrons. The fourth-order valence-electron chi connectivity index (χ4n) is 3.79. The van der Waals surface area contributed by atoms with Crippen LogP contribution < -0.4 is 10.2 Å². The summed E-state index contributed by atoms with van der Waals surface area (Å²) in [5, 5.41) is 3.50. The highest BCUT2D eigenvalue weighted by Gasteiger charge is 2.17. The van der Waals surface area contributed by atoms with Crippen LogP contribution in [0, 0.1) is 0 Å². The number of aromatic nitrogens is 3. The quantitative estimate of drug-likeness (QED) is 0.593. The van der Waals surface area contributed by atoms with Crippen molar-refractivity contribution in [2.24, 2.45) is 0 Å². The lowest BCUT2D eigenvalue weighted by atomic mass is 10.0. The Morgan fingerprint density at radius 3 is 2.38 bits per heavy atom. The van der Waals surface area contributed by atoms with E-state index in [1.807, 2.05) is 18.2 Å². The van der Waals surface area contributed by atoms with Gasteiger partial charge < -0.3 is 10.2 Å². The third-order valence-electron chi connectivity index (χ3n) is 5.44. The van der Waals surface area contributed by atoms with Gasteiger partial charge in [-0.1, -0.05) is 50.1 Å². The van der Waals surface area contributed by atoms with E-state index in [9.17, 15) is 0 Å².